The molecule has 0 aromatic rings. The van der Waals surface area contributed by atoms with Crippen LogP contribution in [0, 0.1) is 0 Å². The van der Waals surface area contributed by atoms with Gasteiger partial charge in [0.25, 0.3) is 0 Å². The summed E-state index contributed by atoms with van der Waals surface area (Å²) in [6.07, 6.45) is 1.58. The number of amides is 1. The Morgan fingerprint density at radius 2 is 2.05 bits per heavy atom. The first-order valence-corrected chi connectivity index (χ1v) is 9.14. The second-order valence-corrected chi connectivity index (χ2v) is 7.75. The van der Waals surface area contributed by atoms with Gasteiger partial charge in [-0.1, -0.05) is 6.92 Å². The van der Waals surface area contributed by atoms with E-state index < -0.39 is 9.84 Å². The van der Waals surface area contributed by atoms with E-state index in [0.29, 0.717) is 39.3 Å². The fourth-order valence-electron chi connectivity index (χ4n) is 2.83. The maximum Gasteiger partial charge on any atom is 0.236 e. The largest absolute Gasteiger partial charge is 0.378 e. The molecule has 0 radical (unpaired) electrons. The van der Waals surface area contributed by atoms with Crippen LogP contribution in [0.2, 0.25) is 0 Å². The average molecular weight is 304 g/mol. The van der Waals surface area contributed by atoms with Crippen molar-refractivity contribution in [3.63, 3.8) is 0 Å². The first-order valence-electron chi connectivity index (χ1n) is 7.32. The van der Waals surface area contributed by atoms with Gasteiger partial charge in [-0.3, -0.25) is 9.69 Å². The van der Waals surface area contributed by atoms with Gasteiger partial charge >= 0.3 is 0 Å². The van der Waals surface area contributed by atoms with Gasteiger partial charge in [0.05, 0.1) is 31.3 Å². The molecule has 116 valence electrons. The predicted molar refractivity (Wildman–Crippen MR) is 76.3 cm³/mol. The first-order chi connectivity index (χ1) is 9.52. The fourth-order valence-corrected chi connectivity index (χ4v) is 4.59. The summed E-state index contributed by atoms with van der Waals surface area (Å²) in [6, 6.07) is 0.00457. The summed E-state index contributed by atoms with van der Waals surface area (Å²) in [5.41, 5.74) is 0. The quantitative estimate of drug-likeness (QED) is 0.700. The van der Waals surface area contributed by atoms with Crippen LogP contribution in [0.4, 0.5) is 0 Å². The van der Waals surface area contributed by atoms with Gasteiger partial charge in [0, 0.05) is 19.1 Å². The lowest BCUT2D eigenvalue weighted by Gasteiger charge is -2.32. The average Bonchev–Trinajstić information content (AvgIpc) is 2.79. The second-order valence-electron chi connectivity index (χ2n) is 5.52. The molecular formula is C13H24N2O4S. The molecule has 0 aromatic heterocycles. The van der Waals surface area contributed by atoms with Crippen LogP contribution in [0.3, 0.4) is 0 Å². The lowest BCUT2D eigenvalue weighted by Crippen LogP contribution is -2.48. The lowest BCUT2D eigenvalue weighted by atomic mass is 10.2. The van der Waals surface area contributed by atoms with Gasteiger partial charge in [-0.25, -0.2) is 8.42 Å². The van der Waals surface area contributed by atoms with E-state index in [-0.39, 0.29) is 23.5 Å². The third-order valence-electron chi connectivity index (χ3n) is 3.94. The molecule has 0 N–H and O–H groups in total. The van der Waals surface area contributed by atoms with Crippen LogP contribution >= 0.6 is 0 Å². The number of nitrogens with zero attached hydrogens (tertiary/aromatic N) is 2. The second kappa shape index (κ2) is 6.87. The summed E-state index contributed by atoms with van der Waals surface area (Å²) in [7, 11) is -2.91. The van der Waals surface area contributed by atoms with Gasteiger partial charge in [-0.05, 0) is 19.4 Å². The number of ether oxygens (including phenoxy) is 1. The summed E-state index contributed by atoms with van der Waals surface area (Å²) in [5.74, 6) is 0.540. The first kappa shape index (κ1) is 15.7. The molecule has 7 heteroatoms. The van der Waals surface area contributed by atoms with Gasteiger partial charge in [-0.15, -0.1) is 0 Å². The molecule has 1 unspecified atom stereocenters. The van der Waals surface area contributed by atoms with Crippen LogP contribution in [-0.2, 0) is 19.4 Å². The van der Waals surface area contributed by atoms with Crippen molar-refractivity contribution in [2.24, 2.45) is 0 Å². The summed E-state index contributed by atoms with van der Waals surface area (Å²) in [5, 5.41) is 0. The highest BCUT2D eigenvalue weighted by Gasteiger charge is 2.33. The standard InChI is InChI=1S/C13H24N2O4S/c1-2-4-15(12-3-9-20(17,18)11-12)10-13(16)14-5-7-19-8-6-14/h12H,2-11H2,1H3. The van der Waals surface area contributed by atoms with Gasteiger partial charge < -0.3 is 9.64 Å². The minimum atomic E-state index is -2.91. The van der Waals surface area contributed by atoms with Crippen LogP contribution in [0.5, 0.6) is 0 Å². The van der Waals surface area contributed by atoms with Gasteiger partial charge in [0.2, 0.25) is 5.91 Å². The van der Waals surface area contributed by atoms with Crippen molar-refractivity contribution in [3.05, 3.63) is 0 Å². The maximum atomic E-state index is 12.3. The minimum absolute atomic E-state index is 0.00457. The van der Waals surface area contributed by atoms with Crippen LogP contribution in [-0.4, -0.2) is 81.1 Å². The van der Waals surface area contributed by atoms with Crippen LogP contribution < -0.4 is 0 Å². The Balaban J connectivity index is 1.93. The Kier molecular flexibility index (Phi) is 5.40. The number of carbonyl (C=O) groups excluding carboxylic acids is 1. The minimum Gasteiger partial charge on any atom is -0.378 e. The van der Waals surface area contributed by atoms with E-state index in [1.165, 1.54) is 0 Å². The molecule has 2 saturated heterocycles. The Hall–Kier alpha value is -0.660. The SMILES string of the molecule is CCCN(CC(=O)N1CCOCC1)C1CCS(=O)(=O)C1. The molecule has 2 aliphatic heterocycles. The van der Waals surface area contributed by atoms with Crippen molar-refractivity contribution >= 4 is 15.7 Å². The number of hydrogen-bond acceptors (Lipinski definition) is 5. The monoisotopic (exact) mass is 304 g/mol. The van der Waals surface area contributed by atoms with Crippen molar-refractivity contribution in [2.75, 3.05) is 50.9 Å². The Morgan fingerprint density at radius 3 is 2.60 bits per heavy atom. The third-order valence-corrected chi connectivity index (χ3v) is 5.69. The Bertz CT molecular complexity index is 432. The molecule has 2 heterocycles. The summed E-state index contributed by atoms with van der Waals surface area (Å²) in [4.78, 5) is 16.1. The van der Waals surface area contributed by atoms with Gasteiger partial charge in [0.1, 0.15) is 0 Å². The van der Waals surface area contributed by atoms with E-state index in [1.807, 2.05) is 9.80 Å². The highest BCUT2D eigenvalue weighted by Crippen LogP contribution is 2.18. The van der Waals surface area contributed by atoms with E-state index in [2.05, 4.69) is 6.92 Å². The fraction of sp³-hybridized carbons (Fsp3) is 0.923. The smallest absolute Gasteiger partial charge is 0.236 e. The number of rotatable bonds is 5. The van der Waals surface area contributed by atoms with E-state index in [1.54, 1.807) is 0 Å². The third kappa shape index (κ3) is 4.17. The molecule has 0 saturated carbocycles. The molecule has 0 aromatic carbocycles. The van der Waals surface area contributed by atoms with Crippen LogP contribution in [0.1, 0.15) is 19.8 Å². The Morgan fingerprint density at radius 1 is 1.35 bits per heavy atom. The van der Waals surface area contributed by atoms with Crippen molar-refractivity contribution in [1.29, 1.82) is 0 Å². The molecule has 2 fully saturated rings. The predicted octanol–water partition coefficient (Wildman–Crippen LogP) is -0.256. The van der Waals surface area contributed by atoms with Crippen molar-refractivity contribution in [3.8, 4) is 0 Å². The molecule has 1 amide bonds. The molecular weight excluding hydrogens is 280 g/mol. The van der Waals surface area contributed by atoms with E-state index in [9.17, 15) is 13.2 Å². The lowest BCUT2D eigenvalue weighted by molar-refractivity contribution is -0.137. The molecule has 0 spiro atoms. The van der Waals surface area contributed by atoms with Crippen molar-refractivity contribution in [1.82, 2.24) is 9.80 Å². The number of sulfone groups is 1. The van der Waals surface area contributed by atoms with Crippen molar-refractivity contribution < 1.29 is 17.9 Å². The topological polar surface area (TPSA) is 66.9 Å². The summed E-state index contributed by atoms with van der Waals surface area (Å²) in [6.45, 7) is 5.62. The normalized spacial score (nSPS) is 26.1. The highest BCUT2D eigenvalue weighted by molar-refractivity contribution is 7.91. The van der Waals surface area contributed by atoms with Crippen molar-refractivity contribution in [2.45, 2.75) is 25.8 Å². The number of hydrogen-bond donors (Lipinski definition) is 0. The van der Waals surface area contributed by atoms with E-state index in [0.717, 1.165) is 13.0 Å². The van der Waals surface area contributed by atoms with E-state index in [4.69, 9.17) is 4.74 Å². The van der Waals surface area contributed by atoms with Gasteiger partial charge in [0.15, 0.2) is 9.84 Å². The molecule has 0 bridgehead atoms. The molecule has 6 nitrogen and oxygen atoms in total. The zero-order valence-corrected chi connectivity index (χ0v) is 12.9. The molecule has 20 heavy (non-hydrogen) atoms. The molecule has 0 aliphatic carbocycles. The zero-order valence-electron chi connectivity index (χ0n) is 12.1. The van der Waals surface area contributed by atoms with E-state index >= 15 is 0 Å². The summed E-state index contributed by atoms with van der Waals surface area (Å²) >= 11 is 0. The van der Waals surface area contributed by atoms with Gasteiger partial charge in [-0.2, -0.15) is 0 Å². The zero-order chi connectivity index (χ0) is 14.6. The van der Waals surface area contributed by atoms with Crippen LogP contribution in [0.15, 0.2) is 0 Å². The van der Waals surface area contributed by atoms with Crippen LogP contribution in [0.25, 0.3) is 0 Å². The molecule has 2 aliphatic rings. The number of morpholine rings is 1. The number of carbonyl (C=O) groups is 1. The summed E-state index contributed by atoms with van der Waals surface area (Å²) < 4.78 is 28.4. The Labute approximate surface area is 121 Å². The molecule has 2 rings (SSSR count). The highest BCUT2D eigenvalue weighted by atomic mass is 32.2. The molecule has 1 atom stereocenters. The maximum absolute atomic E-state index is 12.3.